The van der Waals surface area contributed by atoms with Crippen molar-refractivity contribution in [1.29, 1.82) is 0 Å². The average molecular weight is 1280 g/mol. The van der Waals surface area contributed by atoms with Gasteiger partial charge in [-0.15, -0.1) is 5.92 Å². The van der Waals surface area contributed by atoms with Gasteiger partial charge in [0.15, 0.2) is 29.8 Å². The number of carbonyl (C=O) groups is 1. The van der Waals surface area contributed by atoms with Gasteiger partial charge < -0.3 is 79.7 Å². The Hall–Kier alpha value is -3.73. The molecular formula is C66H89N3O14S4. The van der Waals surface area contributed by atoms with Gasteiger partial charge in [0.2, 0.25) is 11.7 Å². The van der Waals surface area contributed by atoms with Gasteiger partial charge in [-0.2, -0.15) is 0 Å². The summed E-state index contributed by atoms with van der Waals surface area (Å²) >= 11 is 0. The maximum atomic E-state index is 14.0. The molecule has 2 saturated heterocycles. The summed E-state index contributed by atoms with van der Waals surface area (Å²) in [6.45, 7) is 2.59. The number of phenols is 2. The lowest BCUT2D eigenvalue weighted by atomic mass is 9.51. The van der Waals surface area contributed by atoms with Crippen LogP contribution in [0.3, 0.4) is 0 Å². The molecular weight excluding hydrogens is 1190 g/mol. The van der Waals surface area contributed by atoms with Crippen LogP contribution in [0.5, 0.6) is 28.7 Å². The Kier molecular flexibility index (Phi) is 22.1. The standard InChI is InChI=1S/C66H89N3O14S4/c1-38-10-12-42-13-17-54(72)63-50-32-84-85-33-53-46-16-15-44(25-51(46)66(42,29-38)18-3-4-19-67-53)83-59-24-40-11-14-43(81-36-70)26-55(73)48(21-39-22-60(79-2)64(77)61(23-39)82-37-71)58(76)34-86-87-62(47(40)27-57(59)75)28-56(74)45-8-5-7-41-30-69(31-49(41)45)35-80-20-6-9-52(63)68-65(50)78/h5,7-8,22-24,27,30-31,38,42-44,46,48,50-56,58,62-63,67,70-77H,4,6,9-17,19-21,25-26,28-29,32-37H2,1-2H3,(H,68,78). The number of hydrogen-bond donors (Lipinski definition) is 10. The monoisotopic (exact) mass is 1280 g/mol. The van der Waals surface area contributed by atoms with Crippen LogP contribution in [0.25, 0.3) is 10.8 Å². The quantitative estimate of drug-likeness (QED) is 0.0470. The Bertz CT molecular complexity index is 3040. The molecule has 2 aliphatic carbocycles. The van der Waals surface area contributed by atoms with Crippen LogP contribution in [0.2, 0.25) is 0 Å². The van der Waals surface area contributed by atoms with Gasteiger partial charge in [0, 0.05) is 89.2 Å². The van der Waals surface area contributed by atoms with E-state index in [4.69, 9.17) is 23.7 Å². The number of aryl methyl sites for hydroxylation is 1. The number of fused-ring (bicyclic) bond motifs is 6. The molecule has 3 aromatic carbocycles. The molecule has 1 spiro atoms. The molecule has 4 fully saturated rings. The molecule has 476 valence electrons. The van der Waals surface area contributed by atoms with E-state index >= 15 is 0 Å². The Labute approximate surface area is 527 Å². The summed E-state index contributed by atoms with van der Waals surface area (Å²) in [4.78, 5) is 14.0. The van der Waals surface area contributed by atoms with E-state index in [1.165, 1.54) is 28.7 Å². The molecule has 11 bridgehead atoms. The van der Waals surface area contributed by atoms with Crippen molar-refractivity contribution in [2.45, 2.75) is 170 Å². The highest BCUT2D eigenvalue weighted by Gasteiger charge is 2.54. The van der Waals surface area contributed by atoms with Crippen LogP contribution in [-0.4, -0.2) is 145 Å². The number of nitrogens with zero attached hydrogens (tertiary/aromatic N) is 1. The van der Waals surface area contributed by atoms with Gasteiger partial charge in [0.1, 0.15) is 13.5 Å². The van der Waals surface area contributed by atoms with Crippen LogP contribution in [0.4, 0.5) is 0 Å². The fourth-order valence-electron chi connectivity index (χ4n) is 16.0. The molecule has 12 rings (SSSR count). The van der Waals surface area contributed by atoms with E-state index < -0.39 is 55.3 Å². The van der Waals surface area contributed by atoms with Crippen LogP contribution >= 0.6 is 43.2 Å². The van der Waals surface area contributed by atoms with Crippen molar-refractivity contribution in [3.05, 3.63) is 77.1 Å². The number of hydrogen-bond acceptors (Lipinski definition) is 19. The first-order valence-corrected chi connectivity index (χ1v) is 36.4. The van der Waals surface area contributed by atoms with Crippen LogP contribution in [0.1, 0.15) is 130 Å². The molecule has 10 N–H and O–H groups in total. The lowest BCUT2D eigenvalue weighted by Crippen LogP contribution is -2.53. The minimum atomic E-state index is -1.13. The van der Waals surface area contributed by atoms with Crippen molar-refractivity contribution in [2.75, 3.05) is 51.1 Å². The van der Waals surface area contributed by atoms with Crippen LogP contribution in [0.15, 0.2) is 54.9 Å². The van der Waals surface area contributed by atoms with Crippen LogP contribution < -0.4 is 24.8 Å². The van der Waals surface area contributed by atoms with Crippen LogP contribution in [-0.2, 0) is 33.8 Å². The van der Waals surface area contributed by atoms with E-state index in [1.807, 2.05) is 52.0 Å². The van der Waals surface area contributed by atoms with Gasteiger partial charge >= 0.3 is 0 Å². The molecule has 17 atom stereocenters. The number of aromatic hydroxyl groups is 2. The second kappa shape index (κ2) is 29.7. The molecule has 87 heavy (non-hydrogen) atoms. The van der Waals surface area contributed by atoms with Gasteiger partial charge in [0.05, 0.1) is 49.7 Å². The van der Waals surface area contributed by atoms with Crippen molar-refractivity contribution < 1.29 is 69.3 Å². The number of rotatable bonds is 7. The highest BCUT2D eigenvalue weighted by Crippen LogP contribution is 2.58. The normalized spacial score (nSPS) is 34.9. The maximum absolute atomic E-state index is 14.0. The minimum absolute atomic E-state index is 0.0156. The Morgan fingerprint density at radius 1 is 0.839 bits per heavy atom. The first kappa shape index (κ1) is 64.8. The maximum Gasteiger partial charge on any atom is 0.224 e. The zero-order chi connectivity index (χ0) is 60.8. The summed E-state index contributed by atoms with van der Waals surface area (Å²) < 4.78 is 32.3. The van der Waals surface area contributed by atoms with E-state index in [9.17, 15) is 45.6 Å². The predicted octanol–water partition coefficient (Wildman–Crippen LogP) is 9.17. The van der Waals surface area contributed by atoms with Gasteiger partial charge in [-0.1, -0.05) is 80.6 Å². The zero-order valence-corrected chi connectivity index (χ0v) is 53.3. The molecule has 6 aliphatic heterocycles. The highest BCUT2D eigenvalue weighted by molar-refractivity contribution is 8.77. The third-order valence-electron chi connectivity index (χ3n) is 20.3. The number of ether oxygens (including phenoxy) is 5. The first-order valence-electron chi connectivity index (χ1n) is 31.6. The van der Waals surface area contributed by atoms with E-state index in [2.05, 4.69) is 29.4 Å². The molecule has 2 saturated carbocycles. The lowest BCUT2D eigenvalue weighted by molar-refractivity contribution is -0.123. The zero-order valence-electron chi connectivity index (χ0n) is 50.0. The average Bonchev–Trinajstić information content (AvgIpc) is 2.19. The summed E-state index contributed by atoms with van der Waals surface area (Å²) in [5.74, 6) is 9.41. The van der Waals surface area contributed by atoms with Crippen LogP contribution in [0, 0.1) is 58.7 Å². The van der Waals surface area contributed by atoms with Crippen molar-refractivity contribution >= 4 is 59.9 Å². The minimum Gasteiger partial charge on any atom is -0.504 e. The molecule has 1 amide bonds. The molecule has 7 heterocycles. The first-order chi connectivity index (χ1) is 42.2. The molecule has 17 nitrogen and oxygen atoms in total. The Morgan fingerprint density at radius 3 is 2.52 bits per heavy atom. The predicted molar refractivity (Wildman–Crippen MR) is 342 cm³/mol. The third kappa shape index (κ3) is 14.8. The molecule has 8 aliphatic rings. The van der Waals surface area contributed by atoms with E-state index in [0.29, 0.717) is 61.7 Å². The Morgan fingerprint density at radius 2 is 1.68 bits per heavy atom. The number of carbonyl (C=O) groups excluding carboxylic acids is 1. The SMILES string of the molecule is COc1cc(CC2C(O)CSSC3CC(O)c4cccc5cn(cc45)COCCCC4NC(=O)C5CSSCC6NCCC#CC7(CC(C)CCC7CCC(O)C45)C4CC(CCC64)Oc4cc(c3cc4O)CCC(OCO)CC2O)cc(OCO)c1O. The number of aliphatic hydroxyl groups is 6. The number of aromatic nitrogens is 1. The summed E-state index contributed by atoms with van der Waals surface area (Å²) in [7, 11) is 7.89. The number of aliphatic hydroxyl groups excluding tert-OH is 6. The van der Waals surface area contributed by atoms with Gasteiger partial charge in [-0.05, 0) is 165 Å². The number of phenolic OH excluding ortho intramolecular Hbond substituents is 2. The number of benzene rings is 3. The van der Waals surface area contributed by atoms with E-state index in [1.54, 1.807) is 29.0 Å². The van der Waals surface area contributed by atoms with Crippen molar-refractivity contribution in [1.82, 2.24) is 15.2 Å². The largest absolute Gasteiger partial charge is 0.504 e. The molecule has 1 aromatic heterocycles. The van der Waals surface area contributed by atoms with Crippen molar-refractivity contribution in [2.24, 2.45) is 46.8 Å². The fourth-order valence-corrected chi connectivity index (χ4v) is 21.6. The van der Waals surface area contributed by atoms with Crippen molar-refractivity contribution in [3.63, 3.8) is 0 Å². The molecule has 4 aromatic rings. The smallest absolute Gasteiger partial charge is 0.224 e. The lowest BCUT2D eigenvalue weighted by Gasteiger charge is -2.54. The van der Waals surface area contributed by atoms with Gasteiger partial charge in [-0.3, -0.25) is 4.79 Å². The fraction of sp³-hybridized carbons (Fsp3) is 0.652. The number of amides is 1. The van der Waals surface area contributed by atoms with Gasteiger partial charge in [0.25, 0.3) is 0 Å². The van der Waals surface area contributed by atoms with E-state index in [-0.39, 0.29) is 114 Å². The number of nitrogens with one attached hydrogen (secondary N) is 2. The molecule has 17 unspecified atom stereocenters. The summed E-state index contributed by atoms with van der Waals surface area (Å²) in [5.41, 5.74) is 2.60. The highest BCUT2D eigenvalue weighted by atomic mass is 33.1. The van der Waals surface area contributed by atoms with Crippen molar-refractivity contribution in [3.8, 4) is 40.6 Å². The topological polar surface area (TPSA) is 254 Å². The third-order valence-corrected chi connectivity index (χ3v) is 25.6. The Balaban J connectivity index is 0.979. The molecule has 21 heteroatoms. The summed E-state index contributed by atoms with van der Waals surface area (Å²) in [6, 6.07) is 12.8. The van der Waals surface area contributed by atoms with E-state index in [0.717, 1.165) is 91.1 Å². The summed E-state index contributed by atoms with van der Waals surface area (Å²) in [5, 5.41) is 102. The summed E-state index contributed by atoms with van der Waals surface area (Å²) in [6.07, 6.45) is 9.30. The van der Waals surface area contributed by atoms with Gasteiger partial charge in [-0.25, -0.2) is 0 Å². The number of methoxy groups -OCH3 is 1. The second-order valence-corrected chi connectivity index (χ2v) is 30.8. The molecule has 0 radical (unpaired) electrons. The second-order valence-electron chi connectivity index (χ2n) is 25.6.